The highest BCUT2D eigenvalue weighted by Gasteiger charge is 2.25. The molecule has 0 unspecified atom stereocenters. The predicted octanol–water partition coefficient (Wildman–Crippen LogP) is 2.12. The molecule has 1 amide bonds. The molecule has 1 N–H and O–H groups in total. The van der Waals surface area contributed by atoms with E-state index in [1.165, 1.54) is 47.0 Å². The van der Waals surface area contributed by atoms with Gasteiger partial charge in [-0.25, -0.2) is 13.4 Å². The van der Waals surface area contributed by atoms with Crippen LogP contribution in [0.3, 0.4) is 0 Å². The molecule has 3 aromatic rings. The Morgan fingerprint density at radius 1 is 1.09 bits per heavy atom. The number of nitro benzene ring substituents is 1. The van der Waals surface area contributed by atoms with Gasteiger partial charge in [-0.15, -0.1) is 0 Å². The van der Waals surface area contributed by atoms with Crippen molar-refractivity contribution in [1.29, 1.82) is 0 Å². The first-order valence-electron chi connectivity index (χ1n) is 10.3. The molecule has 172 valence electrons. The topological polar surface area (TPSA) is 145 Å². The third-order valence-electron chi connectivity index (χ3n) is 5.42. The molecule has 0 atom stereocenters. The molecular weight excluding hydrogens is 450 g/mol. The summed E-state index contributed by atoms with van der Waals surface area (Å²) in [5, 5.41) is 13.6. The van der Waals surface area contributed by atoms with Crippen molar-refractivity contribution >= 4 is 38.2 Å². The number of rotatable bonds is 6. The number of sulfonamides is 1. The van der Waals surface area contributed by atoms with E-state index in [9.17, 15) is 28.1 Å². The largest absolute Gasteiger partial charge is 0.325 e. The maximum absolute atomic E-state index is 12.7. The number of non-ortho nitro benzene ring substituents is 1. The Labute approximate surface area is 188 Å². The van der Waals surface area contributed by atoms with Crippen molar-refractivity contribution in [3.8, 4) is 0 Å². The van der Waals surface area contributed by atoms with Gasteiger partial charge in [0.2, 0.25) is 15.9 Å². The number of nitrogens with zero attached hydrogens (tertiary/aromatic N) is 4. The zero-order valence-corrected chi connectivity index (χ0v) is 18.3. The van der Waals surface area contributed by atoms with Crippen molar-refractivity contribution in [2.24, 2.45) is 0 Å². The van der Waals surface area contributed by atoms with E-state index in [0.29, 0.717) is 18.8 Å². The first-order valence-corrected chi connectivity index (χ1v) is 11.7. The van der Waals surface area contributed by atoms with E-state index in [-0.39, 0.29) is 28.0 Å². The first kappa shape index (κ1) is 22.6. The number of hydrogen-bond acceptors (Lipinski definition) is 7. The smallest absolute Gasteiger partial charge is 0.270 e. The first-order chi connectivity index (χ1) is 15.8. The lowest BCUT2D eigenvalue weighted by Crippen LogP contribution is -2.35. The van der Waals surface area contributed by atoms with E-state index >= 15 is 0 Å². The molecule has 2 aromatic carbocycles. The molecule has 0 saturated carbocycles. The van der Waals surface area contributed by atoms with Crippen LogP contribution in [0.25, 0.3) is 10.9 Å². The maximum Gasteiger partial charge on any atom is 0.270 e. The minimum absolute atomic E-state index is 0.0340. The predicted molar refractivity (Wildman–Crippen MR) is 120 cm³/mol. The van der Waals surface area contributed by atoms with E-state index < -0.39 is 26.4 Å². The Bertz CT molecular complexity index is 1380. The Morgan fingerprint density at radius 2 is 1.79 bits per heavy atom. The van der Waals surface area contributed by atoms with Gasteiger partial charge < -0.3 is 5.32 Å². The van der Waals surface area contributed by atoms with Gasteiger partial charge >= 0.3 is 0 Å². The minimum Gasteiger partial charge on any atom is -0.325 e. The molecule has 0 radical (unpaired) electrons. The summed E-state index contributed by atoms with van der Waals surface area (Å²) >= 11 is 0. The molecule has 33 heavy (non-hydrogen) atoms. The second-order valence-corrected chi connectivity index (χ2v) is 9.61. The van der Waals surface area contributed by atoms with Crippen molar-refractivity contribution in [2.45, 2.75) is 30.7 Å². The minimum atomic E-state index is -3.57. The second kappa shape index (κ2) is 9.08. The molecule has 12 heteroatoms. The van der Waals surface area contributed by atoms with E-state index in [0.717, 1.165) is 29.9 Å². The fourth-order valence-electron chi connectivity index (χ4n) is 3.69. The molecule has 1 aliphatic rings. The lowest BCUT2D eigenvalue weighted by molar-refractivity contribution is -0.384. The fourth-order valence-corrected chi connectivity index (χ4v) is 5.21. The Balaban J connectivity index is 1.48. The van der Waals surface area contributed by atoms with E-state index in [2.05, 4.69) is 10.3 Å². The van der Waals surface area contributed by atoms with Gasteiger partial charge in [0.15, 0.2) is 0 Å². The van der Waals surface area contributed by atoms with E-state index in [4.69, 9.17) is 0 Å². The Hall–Kier alpha value is -3.64. The van der Waals surface area contributed by atoms with Gasteiger partial charge in [-0.2, -0.15) is 4.31 Å². The number of amides is 1. The van der Waals surface area contributed by atoms with Gasteiger partial charge in [-0.3, -0.25) is 24.3 Å². The molecule has 11 nitrogen and oxygen atoms in total. The highest BCUT2D eigenvalue weighted by atomic mass is 32.2. The van der Waals surface area contributed by atoms with Crippen LogP contribution < -0.4 is 10.9 Å². The van der Waals surface area contributed by atoms with Crippen LogP contribution in [0.1, 0.15) is 19.3 Å². The van der Waals surface area contributed by atoms with Crippen molar-refractivity contribution in [2.75, 3.05) is 18.4 Å². The summed E-state index contributed by atoms with van der Waals surface area (Å²) in [6.45, 7) is 0.634. The third-order valence-corrected chi connectivity index (χ3v) is 7.34. The molecular formula is C21H21N5O6S. The van der Waals surface area contributed by atoms with Crippen LogP contribution in [0.15, 0.2) is 58.5 Å². The van der Waals surface area contributed by atoms with Crippen LogP contribution >= 0.6 is 0 Å². The SMILES string of the molecule is O=C(Cn1cnc2ccc([N+](=O)[O-])cc2c1=O)Nc1ccc(S(=O)(=O)N2CCCCC2)cc1. The molecule has 0 aliphatic carbocycles. The van der Waals surface area contributed by atoms with Crippen molar-refractivity contribution < 1.29 is 18.1 Å². The number of aromatic nitrogens is 2. The van der Waals surface area contributed by atoms with Gasteiger partial charge in [0.25, 0.3) is 11.2 Å². The molecule has 1 saturated heterocycles. The average molecular weight is 471 g/mol. The maximum atomic E-state index is 12.7. The van der Waals surface area contributed by atoms with Gasteiger partial charge in [-0.1, -0.05) is 6.42 Å². The molecule has 0 spiro atoms. The van der Waals surface area contributed by atoms with Crippen LogP contribution in [0.4, 0.5) is 11.4 Å². The molecule has 2 heterocycles. The standard InChI is InChI=1S/C21H21N5O6S/c27-20(13-24-14-22-19-9-6-16(26(29)30)12-18(19)21(24)28)23-15-4-7-17(8-5-15)33(31,32)25-10-2-1-3-11-25/h4-9,12,14H,1-3,10-11,13H2,(H,23,27). The van der Waals surface area contributed by atoms with E-state index in [1.54, 1.807) is 0 Å². The highest BCUT2D eigenvalue weighted by Crippen LogP contribution is 2.22. The van der Waals surface area contributed by atoms with Gasteiger partial charge in [0, 0.05) is 30.9 Å². The molecule has 0 bridgehead atoms. The number of piperidine rings is 1. The molecule has 1 fully saturated rings. The average Bonchev–Trinajstić information content (AvgIpc) is 2.81. The zero-order chi connectivity index (χ0) is 23.6. The Morgan fingerprint density at radius 3 is 2.45 bits per heavy atom. The van der Waals surface area contributed by atoms with Crippen LogP contribution in [-0.4, -0.2) is 46.2 Å². The fraction of sp³-hybridized carbons (Fsp3) is 0.286. The normalized spacial score (nSPS) is 14.8. The lowest BCUT2D eigenvalue weighted by Gasteiger charge is -2.25. The van der Waals surface area contributed by atoms with Crippen LogP contribution in [0.2, 0.25) is 0 Å². The van der Waals surface area contributed by atoms with Crippen molar-refractivity contribution in [3.63, 3.8) is 0 Å². The number of carbonyl (C=O) groups is 1. The van der Waals surface area contributed by atoms with Crippen LogP contribution in [0.5, 0.6) is 0 Å². The summed E-state index contributed by atoms with van der Waals surface area (Å²) in [5.41, 5.74) is -0.173. The number of anilines is 1. The van der Waals surface area contributed by atoms with Crippen molar-refractivity contribution in [3.05, 3.63) is 69.3 Å². The summed E-state index contributed by atoms with van der Waals surface area (Å²) in [7, 11) is -3.57. The van der Waals surface area contributed by atoms with Gasteiger partial charge in [0.1, 0.15) is 6.54 Å². The van der Waals surface area contributed by atoms with Gasteiger partial charge in [-0.05, 0) is 43.2 Å². The quantitative estimate of drug-likeness (QED) is 0.428. The number of carbonyl (C=O) groups excluding carboxylic acids is 1. The summed E-state index contributed by atoms with van der Waals surface area (Å²) in [5.74, 6) is -0.532. The highest BCUT2D eigenvalue weighted by molar-refractivity contribution is 7.89. The summed E-state index contributed by atoms with van der Waals surface area (Å²) in [6.07, 6.45) is 3.89. The van der Waals surface area contributed by atoms with Crippen LogP contribution in [-0.2, 0) is 21.4 Å². The Kier molecular flexibility index (Phi) is 6.20. The van der Waals surface area contributed by atoms with E-state index in [1.807, 2.05) is 0 Å². The second-order valence-electron chi connectivity index (χ2n) is 7.67. The van der Waals surface area contributed by atoms with Crippen molar-refractivity contribution in [1.82, 2.24) is 13.9 Å². The van der Waals surface area contributed by atoms with Gasteiger partial charge in [0.05, 0.1) is 27.0 Å². The van der Waals surface area contributed by atoms with Crippen LogP contribution in [0, 0.1) is 10.1 Å². The summed E-state index contributed by atoms with van der Waals surface area (Å²) in [6, 6.07) is 9.59. The number of benzene rings is 2. The molecule has 1 aliphatic heterocycles. The number of hydrogen-bond donors (Lipinski definition) is 1. The number of nitrogens with one attached hydrogen (secondary N) is 1. The summed E-state index contributed by atoms with van der Waals surface area (Å²) in [4.78, 5) is 39.7. The molecule has 4 rings (SSSR count). The number of nitro groups is 1. The third kappa shape index (κ3) is 4.76. The molecule has 1 aromatic heterocycles. The monoisotopic (exact) mass is 471 g/mol. The zero-order valence-electron chi connectivity index (χ0n) is 17.5. The summed E-state index contributed by atoms with van der Waals surface area (Å²) < 4.78 is 28.0. The lowest BCUT2D eigenvalue weighted by atomic mass is 10.2. The number of fused-ring (bicyclic) bond motifs is 1.